The molecule has 1 N–H and O–H groups in total. The number of hydrogen-bond acceptors (Lipinski definition) is 2. The summed E-state index contributed by atoms with van der Waals surface area (Å²) in [6, 6.07) is 7.12. The Labute approximate surface area is 83.1 Å². The molecule has 1 rings (SSSR count). The van der Waals surface area contributed by atoms with Gasteiger partial charge in [-0.3, -0.25) is 4.79 Å². The molecular formula is C9H5F3N2O. The van der Waals surface area contributed by atoms with E-state index in [0.29, 0.717) is 0 Å². The molecule has 0 heterocycles. The zero-order valence-electron chi connectivity index (χ0n) is 7.30. The normalized spacial score (nSPS) is 10.5. The maximum atomic E-state index is 11.9. The molecule has 3 nitrogen and oxygen atoms in total. The number of amides is 1. The topological polar surface area (TPSA) is 52.9 Å². The van der Waals surface area contributed by atoms with Crippen LogP contribution in [0.25, 0.3) is 0 Å². The highest BCUT2D eigenvalue weighted by Gasteiger charge is 2.38. The number of rotatable bonds is 1. The van der Waals surface area contributed by atoms with Crippen LogP contribution >= 0.6 is 0 Å². The van der Waals surface area contributed by atoms with Crippen LogP contribution in [0.4, 0.5) is 18.9 Å². The number of anilines is 1. The van der Waals surface area contributed by atoms with Gasteiger partial charge in [-0.15, -0.1) is 0 Å². The minimum atomic E-state index is -4.96. The number of alkyl halides is 3. The van der Waals surface area contributed by atoms with Gasteiger partial charge < -0.3 is 5.32 Å². The minimum Gasteiger partial charge on any atom is -0.317 e. The van der Waals surface area contributed by atoms with E-state index in [2.05, 4.69) is 0 Å². The summed E-state index contributed by atoms with van der Waals surface area (Å²) in [6.45, 7) is 0. The molecule has 0 radical (unpaired) electrons. The molecular weight excluding hydrogens is 209 g/mol. The maximum absolute atomic E-state index is 11.9. The predicted molar refractivity (Wildman–Crippen MR) is 45.8 cm³/mol. The Bertz CT molecular complexity index is 420. The molecule has 0 spiro atoms. The summed E-state index contributed by atoms with van der Waals surface area (Å²) in [5.74, 6) is -2.09. The molecule has 0 bridgehead atoms. The third-order valence-corrected chi connectivity index (χ3v) is 1.55. The lowest BCUT2D eigenvalue weighted by Gasteiger charge is -2.08. The first-order chi connectivity index (χ1) is 6.95. The van der Waals surface area contributed by atoms with Gasteiger partial charge in [0.2, 0.25) is 0 Å². The lowest BCUT2D eigenvalue weighted by molar-refractivity contribution is -0.167. The summed E-state index contributed by atoms with van der Waals surface area (Å²) in [7, 11) is 0. The van der Waals surface area contributed by atoms with Crippen molar-refractivity contribution in [3.63, 3.8) is 0 Å². The molecule has 0 unspecified atom stereocenters. The lowest BCUT2D eigenvalue weighted by Crippen LogP contribution is -2.30. The van der Waals surface area contributed by atoms with Gasteiger partial charge in [-0.25, -0.2) is 0 Å². The van der Waals surface area contributed by atoms with E-state index in [-0.39, 0.29) is 11.3 Å². The first-order valence-corrected chi connectivity index (χ1v) is 3.82. The van der Waals surface area contributed by atoms with Crippen molar-refractivity contribution in [2.75, 3.05) is 5.32 Å². The van der Waals surface area contributed by atoms with Gasteiger partial charge in [0, 0.05) is 0 Å². The molecule has 0 saturated heterocycles. The van der Waals surface area contributed by atoms with E-state index in [1.807, 2.05) is 0 Å². The number of nitriles is 1. The Morgan fingerprint density at radius 3 is 2.47 bits per heavy atom. The number of nitrogens with one attached hydrogen (secondary N) is 1. The van der Waals surface area contributed by atoms with Gasteiger partial charge in [-0.2, -0.15) is 18.4 Å². The van der Waals surface area contributed by atoms with Crippen LogP contribution < -0.4 is 5.32 Å². The molecule has 0 aromatic heterocycles. The van der Waals surface area contributed by atoms with Crippen LogP contribution in [0.5, 0.6) is 0 Å². The smallest absolute Gasteiger partial charge is 0.317 e. The van der Waals surface area contributed by atoms with Crippen molar-refractivity contribution in [2.45, 2.75) is 6.18 Å². The molecule has 78 valence electrons. The second kappa shape index (κ2) is 4.00. The van der Waals surface area contributed by atoms with Crippen LogP contribution in [0, 0.1) is 11.3 Å². The average Bonchev–Trinajstić information content (AvgIpc) is 2.17. The first kappa shape index (κ1) is 11.0. The molecule has 1 aromatic rings. The second-order valence-corrected chi connectivity index (χ2v) is 2.61. The van der Waals surface area contributed by atoms with Crippen molar-refractivity contribution in [2.24, 2.45) is 0 Å². The number of nitrogens with zero attached hydrogens (tertiary/aromatic N) is 1. The van der Waals surface area contributed by atoms with E-state index >= 15 is 0 Å². The third-order valence-electron chi connectivity index (χ3n) is 1.55. The van der Waals surface area contributed by atoms with Crippen LogP contribution in [0.3, 0.4) is 0 Å². The number of carbonyl (C=O) groups is 1. The van der Waals surface area contributed by atoms with Crippen molar-refractivity contribution < 1.29 is 18.0 Å². The standard InChI is InChI=1S/C9H5F3N2O/c10-9(11,12)8(15)14-7-4-2-1-3-6(7)5-13/h1-4H,(H,14,15). The molecule has 0 saturated carbocycles. The highest BCUT2D eigenvalue weighted by atomic mass is 19.4. The molecule has 1 aromatic carbocycles. The van der Waals surface area contributed by atoms with Gasteiger partial charge in [0.05, 0.1) is 11.3 Å². The molecule has 15 heavy (non-hydrogen) atoms. The lowest BCUT2D eigenvalue weighted by atomic mass is 10.2. The SMILES string of the molecule is N#Cc1ccccc1NC(=O)C(F)(F)F. The van der Waals surface area contributed by atoms with E-state index < -0.39 is 12.1 Å². The maximum Gasteiger partial charge on any atom is 0.471 e. The van der Waals surface area contributed by atoms with Crippen molar-refractivity contribution >= 4 is 11.6 Å². The van der Waals surface area contributed by atoms with E-state index in [1.54, 1.807) is 11.4 Å². The molecule has 0 aliphatic carbocycles. The fourth-order valence-corrected chi connectivity index (χ4v) is 0.883. The number of carbonyl (C=O) groups excluding carboxylic acids is 1. The summed E-state index contributed by atoms with van der Waals surface area (Å²) in [5.41, 5.74) is -0.169. The Morgan fingerprint density at radius 1 is 1.33 bits per heavy atom. The van der Waals surface area contributed by atoms with Crippen molar-refractivity contribution in [1.29, 1.82) is 5.26 Å². The summed E-state index contributed by atoms with van der Waals surface area (Å²) in [5, 5.41) is 10.2. The van der Waals surface area contributed by atoms with Gasteiger partial charge in [0.15, 0.2) is 0 Å². The van der Waals surface area contributed by atoms with Crippen molar-refractivity contribution in [1.82, 2.24) is 0 Å². The van der Waals surface area contributed by atoms with Crippen LogP contribution in [-0.4, -0.2) is 12.1 Å². The second-order valence-electron chi connectivity index (χ2n) is 2.61. The molecule has 0 fully saturated rings. The summed E-state index contributed by atoms with van der Waals surface area (Å²) >= 11 is 0. The molecule has 0 atom stereocenters. The van der Waals surface area contributed by atoms with Gasteiger partial charge in [0.1, 0.15) is 6.07 Å². The van der Waals surface area contributed by atoms with E-state index in [1.165, 1.54) is 24.3 Å². The van der Waals surface area contributed by atoms with Gasteiger partial charge in [-0.05, 0) is 12.1 Å². The van der Waals surface area contributed by atoms with Crippen molar-refractivity contribution in [3.05, 3.63) is 29.8 Å². The first-order valence-electron chi connectivity index (χ1n) is 3.82. The van der Waals surface area contributed by atoms with Crippen LogP contribution in [-0.2, 0) is 4.79 Å². The minimum absolute atomic E-state index is 0.0184. The Balaban J connectivity index is 2.92. The van der Waals surface area contributed by atoms with Crippen LogP contribution in [0.15, 0.2) is 24.3 Å². The van der Waals surface area contributed by atoms with Crippen molar-refractivity contribution in [3.8, 4) is 6.07 Å². The number of halogens is 3. The average molecular weight is 214 g/mol. The highest BCUT2D eigenvalue weighted by molar-refractivity contribution is 5.95. The quantitative estimate of drug-likeness (QED) is 0.777. The number of hydrogen-bond donors (Lipinski definition) is 1. The van der Waals surface area contributed by atoms with Gasteiger partial charge in [0.25, 0.3) is 0 Å². The fourth-order valence-electron chi connectivity index (χ4n) is 0.883. The third kappa shape index (κ3) is 2.71. The molecule has 6 heteroatoms. The van der Waals surface area contributed by atoms with Gasteiger partial charge >= 0.3 is 12.1 Å². The summed E-state index contributed by atoms with van der Waals surface area (Å²) in [4.78, 5) is 10.6. The van der Waals surface area contributed by atoms with E-state index in [9.17, 15) is 18.0 Å². The zero-order chi connectivity index (χ0) is 11.5. The molecule has 0 aliphatic rings. The Kier molecular flexibility index (Phi) is 2.95. The molecule has 1 amide bonds. The zero-order valence-corrected chi connectivity index (χ0v) is 7.30. The largest absolute Gasteiger partial charge is 0.471 e. The Morgan fingerprint density at radius 2 is 1.93 bits per heavy atom. The monoisotopic (exact) mass is 214 g/mol. The number of para-hydroxylation sites is 1. The Hall–Kier alpha value is -2.03. The number of benzene rings is 1. The summed E-state index contributed by atoms with van der Waals surface area (Å²) < 4.78 is 35.6. The molecule has 0 aliphatic heterocycles. The van der Waals surface area contributed by atoms with Gasteiger partial charge in [-0.1, -0.05) is 12.1 Å². The van der Waals surface area contributed by atoms with E-state index in [4.69, 9.17) is 5.26 Å². The highest BCUT2D eigenvalue weighted by Crippen LogP contribution is 2.20. The summed E-state index contributed by atoms with van der Waals surface area (Å²) in [6.07, 6.45) is -4.96. The van der Waals surface area contributed by atoms with E-state index in [0.717, 1.165) is 0 Å². The van der Waals surface area contributed by atoms with Crippen LogP contribution in [0.1, 0.15) is 5.56 Å². The van der Waals surface area contributed by atoms with Crippen LogP contribution in [0.2, 0.25) is 0 Å². The predicted octanol–water partition coefficient (Wildman–Crippen LogP) is 2.06. The fraction of sp³-hybridized carbons (Fsp3) is 0.111.